The Bertz CT molecular complexity index is 398. The first kappa shape index (κ1) is 12.6. The quantitative estimate of drug-likeness (QED) is 0.706. The summed E-state index contributed by atoms with van der Waals surface area (Å²) in [5.74, 6) is -0.640. The minimum Gasteiger partial charge on any atom is -0.397 e. The van der Waals surface area contributed by atoms with E-state index in [1.807, 2.05) is 0 Å². The highest BCUT2D eigenvalue weighted by molar-refractivity contribution is 6.31. The molecule has 0 aliphatic carbocycles. The highest BCUT2D eigenvalue weighted by atomic mass is 35.5. The number of anilines is 2. The highest BCUT2D eigenvalue weighted by Crippen LogP contribution is 2.25. The number of hydrogen-bond donors (Lipinski definition) is 3. The molecule has 0 atom stereocenters. The molecule has 1 amide bonds. The van der Waals surface area contributed by atoms with E-state index in [0.29, 0.717) is 24.3 Å². The molecule has 6 heteroatoms. The number of amides is 1. The van der Waals surface area contributed by atoms with Crippen LogP contribution < -0.4 is 16.4 Å². The molecule has 0 aliphatic heterocycles. The highest BCUT2D eigenvalue weighted by Gasteiger charge is 2.06. The van der Waals surface area contributed by atoms with Gasteiger partial charge in [-0.05, 0) is 6.07 Å². The number of nitrogens with two attached hydrogens (primary N) is 1. The van der Waals surface area contributed by atoms with Crippen LogP contribution in [0.4, 0.5) is 15.8 Å². The van der Waals surface area contributed by atoms with Gasteiger partial charge in [0.05, 0.1) is 16.4 Å². The van der Waals surface area contributed by atoms with Crippen molar-refractivity contribution in [1.82, 2.24) is 5.32 Å². The van der Waals surface area contributed by atoms with Gasteiger partial charge in [0.15, 0.2) is 0 Å². The van der Waals surface area contributed by atoms with Crippen LogP contribution in [0.1, 0.15) is 6.42 Å². The first-order valence-electron chi connectivity index (χ1n) is 4.73. The molecule has 0 bridgehead atoms. The van der Waals surface area contributed by atoms with Crippen molar-refractivity contribution in [3.05, 3.63) is 23.0 Å². The number of nitrogens with one attached hydrogen (secondary N) is 2. The molecule has 0 heterocycles. The monoisotopic (exact) mass is 245 g/mol. The molecule has 1 aromatic carbocycles. The standard InChI is InChI=1S/C10H13ClFN3O/c1-14-10(16)2-3-15-9-5-7(12)6(11)4-8(9)13/h4-5,15H,2-3,13H2,1H3,(H,14,16). The van der Waals surface area contributed by atoms with Crippen LogP contribution in [0.5, 0.6) is 0 Å². The second-order valence-electron chi connectivity index (χ2n) is 3.20. The molecule has 0 aliphatic rings. The molecule has 88 valence electrons. The van der Waals surface area contributed by atoms with Crippen LogP contribution in [-0.2, 0) is 4.79 Å². The normalized spacial score (nSPS) is 9.94. The summed E-state index contributed by atoms with van der Waals surface area (Å²) in [4.78, 5) is 10.9. The van der Waals surface area contributed by atoms with Gasteiger partial charge in [-0.1, -0.05) is 11.6 Å². The van der Waals surface area contributed by atoms with E-state index in [1.165, 1.54) is 12.1 Å². The molecule has 4 nitrogen and oxygen atoms in total. The SMILES string of the molecule is CNC(=O)CCNc1cc(F)c(Cl)cc1N. The van der Waals surface area contributed by atoms with Crippen LogP contribution in [-0.4, -0.2) is 19.5 Å². The second kappa shape index (κ2) is 5.55. The summed E-state index contributed by atoms with van der Waals surface area (Å²) in [6.07, 6.45) is 0.292. The van der Waals surface area contributed by atoms with Crippen LogP contribution in [0.25, 0.3) is 0 Å². The molecule has 0 radical (unpaired) electrons. The van der Waals surface area contributed by atoms with Crippen molar-refractivity contribution in [2.45, 2.75) is 6.42 Å². The van der Waals surface area contributed by atoms with Gasteiger partial charge in [0.2, 0.25) is 5.91 Å². The summed E-state index contributed by atoms with van der Waals surface area (Å²) >= 11 is 5.55. The Balaban J connectivity index is 2.60. The number of halogens is 2. The van der Waals surface area contributed by atoms with Gasteiger partial charge in [0, 0.05) is 26.1 Å². The number of benzene rings is 1. The van der Waals surface area contributed by atoms with Crippen molar-refractivity contribution in [3.8, 4) is 0 Å². The van der Waals surface area contributed by atoms with Crippen molar-refractivity contribution >= 4 is 28.9 Å². The molecule has 4 N–H and O–H groups in total. The summed E-state index contributed by atoms with van der Waals surface area (Å²) in [6, 6.07) is 2.54. The van der Waals surface area contributed by atoms with Crippen molar-refractivity contribution in [2.75, 3.05) is 24.6 Å². The number of rotatable bonds is 4. The van der Waals surface area contributed by atoms with E-state index in [2.05, 4.69) is 10.6 Å². The summed E-state index contributed by atoms with van der Waals surface area (Å²) in [5.41, 5.74) is 6.41. The van der Waals surface area contributed by atoms with E-state index < -0.39 is 5.82 Å². The smallest absolute Gasteiger partial charge is 0.221 e. The van der Waals surface area contributed by atoms with Crippen molar-refractivity contribution < 1.29 is 9.18 Å². The summed E-state index contributed by atoms with van der Waals surface area (Å²) in [7, 11) is 1.55. The molecule has 0 aromatic heterocycles. The van der Waals surface area contributed by atoms with Crippen LogP contribution in [0.3, 0.4) is 0 Å². The lowest BCUT2D eigenvalue weighted by Crippen LogP contribution is -2.21. The Hall–Kier alpha value is -1.49. The Morgan fingerprint density at radius 1 is 1.56 bits per heavy atom. The van der Waals surface area contributed by atoms with E-state index in [9.17, 15) is 9.18 Å². The zero-order valence-corrected chi connectivity index (χ0v) is 9.57. The van der Waals surface area contributed by atoms with Crippen LogP contribution in [0.2, 0.25) is 5.02 Å². The number of carbonyl (C=O) groups is 1. The largest absolute Gasteiger partial charge is 0.397 e. The molecular formula is C10H13ClFN3O. The van der Waals surface area contributed by atoms with Crippen molar-refractivity contribution in [3.63, 3.8) is 0 Å². The predicted octanol–water partition coefficient (Wildman–Crippen LogP) is 1.61. The number of hydrogen-bond acceptors (Lipinski definition) is 3. The fourth-order valence-electron chi connectivity index (χ4n) is 1.15. The average molecular weight is 246 g/mol. The molecule has 0 unspecified atom stereocenters. The average Bonchev–Trinajstić information content (AvgIpc) is 2.25. The van der Waals surface area contributed by atoms with Gasteiger partial charge in [-0.2, -0.15) is 0 Å². The minimum absolute atomic E-state index is 0.0191. The summed E-state index contributed by atoms with van der Waals surface area (Å²) in [5, 5.41) is 5.32. The third-order valence-corrected chi connectivity index (χ3v) is 2.33. The Morgan fingerprint density at radius 2 is 2.25 bits per heavy atom. The van der Waals surface area contributed by atoms with E-state index in [-0.39, 0.29) is 10.9 Å². The maximum Gasteiger partial charge on any atom is 0.221 e. The van der Waals surface area contributed by atoms with E-state index in [4.69, 9.17) is 17.3 Å². The van der Waals surface area contributed by atoms with Gasteiger partial charge in [-0.3, -0.25) is 4.79 Å². The second-order valence-corrected chi connectivity index (χ2v) is 3.61. The molecule has 16 heavy (non-hydrogen) atoms. The van der Waals surface area contributed by atoms with Crippen molar-refractivity contribution in [1.29, 1.82) is 0 Å². The zero-order valence-electron chi connectivity index (χ0n) is 8.81. The van der Waals surface area contributed by atoms with E-state index in [0.717, 1.165) is 0 Å². The van der Waals surface area contributed by atoms with Gasteiger partial charge >= 0.3 is 0 Å². The zero-order chi connectivity index (χ0) is 12.1. The molecule has 0 saturated carbocycles. The third-order valence-electron chi connectivity index (χ3n) is 2.04. The summed E-state index contributed by atoms with van der Waals surface area (Å²) in [6.45, 7) is 0.380. The van der Waals surface area contributed by atoms with Gasteiger partial charge in [-0.15, -0.1) is 0 Å². The van der Waals surface area contributed by atoms with E-state index in [1.54, 1.807) is 7.05 Å². The number of carbonyl (C=O) groups excluding carboxylic acids is 1. The lowest BCUT2D eigenvalue weighted by atomic mass is 10.2. The first-order valence-corrected chi connectivity index (χ1v) is 5.11. The van der Waals surface area contributed by atoms with Crippen molar-refractivity contribution in [2.24, 2.45) is 0 Å². The fourth-order valence-corrected chi connectivity index (χ4v) is 1.32. The van der Waals surface area contributed by atoms with Crippen LogP contribution >= 0.6 is 11.6 Å². The van der Waals surface area contributed by atoms with Gasteiger partial charge in [0.1, 0.15) is 5.82 Å². The third kappa shape index (κ3) is 3.27. The lowest BCUT2D eigenvalue weighted by molar-refractivity contribution is -0.120. The minimum atomic E-state index is -0.543. The lowest BCUT2D eigenvalue weighted by Gasteiger charge is -2.09. The fraction of sp³-hybridized carbons (Fsp3) is 0.300. The van der Waals surface area contributed by atoms with Gasteiger partial charge < -0.3 is 16.4 Å². The maximum atomic E-state index is 13.1. The molecule has 0 saturated heterocycles. The molecule has 1 aromatic rings. The Kier molecular flexibility index (Phi) is 4.37. The predicted molar refractivity (Wildman–Crippen MR) is 63.0 cm³/mol. The van der Waals surface area contributed by atoms with Gasteiger partial charge in [0.25, 0.3) is 0 Å². The van der Waals surface area contributed by atoms with Crippen LogP contribution in [0.15, 0.2) is 12.1 Å². The molecule has 0 spiro atoms. The Labute approximate surface area is 98.0 Å². The Morgan fingerprint density at radius 3 is 2.88 bits per heavy atom. The number of nitrogen functional groups attached to an aromatic ring is 1. The maximum absolute atomic E-state index is 13.1. The molecule has 1 rings (SSSR count). The molecule has 0 fully saturated rings. The summed E-state index contributed by atoms with van der Waals surface area (Å²) < 4.78 is 13.1. The van der Waals surface area contributed by atoms with Crippen LogP contribution in [0, 0.1) is 5.82 Å². The first-order chi connectivity index (χ1) is 7.54. The topological polar surface area (TPSA) is 67.2 Å². The van der Waals surface area contributed by atoms with Gasteiger partial charge in [-0.25, -0.2) is 4.39 Å². The molecular weight excluding hydrogens is 233 g/mol. The van der Waals surface area contributed by atoms with E-state index >= 15 is 0 Å².